The summed E-state index contributed by atoms with van der Waals surface area (Å²) in [5, 5.41) is 8.63. The molecule has 1 fully saturated rings. The average Bonchev–Trinajstić information content (AvgIpc) is 3.16. The summed E-state index contributed by atoms with van der Waals surface area (Å²) in [6.07, 6.45) is 0.537. The van der Waals surface area contributed by atoms with Crippen LogP contribution in [0.15, 0.2) is 54.6 Å². The van der Waals surface area contributed by atoms with Crippen LogP contribution in [-0.2, 0) is 16.1 Å². The topological polar surface area (TPSA) is 81.6 Å². The summed E-state index contributed by atoms with van der Waals surface area (Å²) in [5.41, 5.74) is 3.86. The average molecular weight is 460 g/mol. The van der Waals surface area contributed by atoms with Crippen LogP contribution in [0.25, 0.3) is 11.3 Å². The molecule has 1 unspecified atom stereocenters. The van der Waals surface area contributed by atoms with E-state index in [1.54, 1.807) is 23.1 Å². The van der Waals surface area contributed by atoms with Crippen LogP contribution in [0.1, 0.15) is 54.7 Å². The van der Waals surface area contributed by atoms with Gasteiger partial charge < -0.3 is 14.4 Å². The SMILES string of the molecule is COC(=O)c1ccc(Oc2ccc(-c3ccc(C(C)C)nn3)cc2)c(CN2CC(C)CC2=O)c1. The lowest BCUT2D eigenvalue weighted by atomic mass is 10.1. The number of benzene rings is 2. The summed E-state index contributed by atoms with van der Waals surface area (Å²) in [4.78, 5) is 26.2. The van der Waals surface area contributed by atoms with Crippen molar-refractivity contribution in [2.75, 3.05) is 13.7 Å². The molecule has 0 bridgehead atoms. The zero-order valence-corrected chi connectivity index (χ0v) is 19.9. The van der Waals surface area contributed by atoms with E-state index in [0.717, 1.165) is 22.5 Å². The highest BCUT2D eigenvalue weighted by atomic mass is 16.5. The van der Waals surface area contributed by atoms with Crippen molar-refractivity contribution in [3.8, 4) is 22.8 Å². The molecular weight excluding hydrogens is 430 g/mol. The quantitative estimate of drug-likeness (QED) is 0.451. The highest BCUT2D eigenvalue weighted by Crippen LogP contribution is 2.31. The van der Waals surface area contributed by atoms with Gasteiger partial charge in [-0.05, 0) is 66.4 Å². The number of likely N-dealkylation sites (tertiary alicyclic amines) is 1. The van der Waals surface area contributed by atoms with Gasteiger partial charge in [0.1, 0.15) is 11.5 Å². The van der Waals surface area contributed by atoms with Crippen molar-refractivity contribution in [2.24, 2.45) is 5.92 Å². The number of carbonyl (C=O) groups excluding carboxylic acids is 2. The fourth-order valence-corrected chi connectivity index (χ4v) is 4.00. The van der Waals surface area contributed by atoms with Gasteiger partial charge in [0.25, 0.3) is 0 Å². The monoisotopic (exact) mass is 459 g/mol. The minimum atomic E-state index is -0.428. The molecule has 1 aliphatic heterocycles. The molecule has 34 heavy (non-hydrogen) atoms. The molecule has 3 aromatic rings. The molecule has 2 aromatic carbocycles. The lowest BCUT2D eigenvalue weighted by Gasteiger charge is -2.19. The van der Waals surface area contributed by atoms with Gasteiger partial charge in [-0.25, -0.2) is 4.79 Å². The number of methoxy groups -OCH3 is 1. The molecule has 0 saturated carbocycles. The van der Waals surface area contributed by atoms with Gasteiger partial charge in [0.15, 0.2) is 0 Å². The third-order valence-corrected chi connectivity index (χ3v) is 5.91. The van der Waals surface area contributed by atoms with E-state index in [1.807, 2.05) is 36.4 Å². The standard InChI is InChI=1S/C27H29N3O4/c1-17(2)23-10-11-24(29-28-23)19-5-8-22(9-6-19)34-25-12-7-20(27(32)33-4)14-21(25)16-30-15-18(3)13-26(30)31/h5-12,14,17-18H,13,15-16H2,1-4H3. The predicted octanol–water partition coefficient (Wildman–Crippen LogP) is 5.21. The highest BCUT2D eigenvalue weighted by Gasteiger charge is 2.27. The van der Waals surface area contributed by atoms with Crippen LogP contribution >= 0.6 is 0 Å². The maximum absolute atomic E-state index is 12.3. The summed E-state index contributed by atoms with van der Waals surface area (Å²) >= 11 is 0. The Bertz CT molecular complexity index is 1170. The number of esters is 1. The van der Waals surface area contributed by atoms with Gasteiger partial charge in [-0.1, -0.05) is 20.8 Å². The molecule has 7 heteroatoms. The molecule has 176 valence electrons. The third kappa shape index (κ3) is 5.25. The van der Waals surface area contributed by atoms with E-state index in [-0.39, 0.29) is 5.91 Å². The van der Waals surface area contributed by atoms with E-state index in [9.17, 15) is 9.59 Å². The van der Waals surface area contributed by atoms with Crippen LogP contribution in [0.2, 0.25) is 0 Å². The Morgan fingerprint density at radius 1 is 1.09 bits per heavy atom. The molecule has 1 saturated heterocycles. The first-order valence-electron chi connectivity index (χ1n) is 11.4. The summed E-state index contributed by atoms with van der Waals surface area (Å²) < 4.78 is 11.0. The number of aromatic nitrogens is 2. The van der Waals surface area contributed by atoms with E-state index in [1.165, 1.54) is 7.11 Å². The van der Waals surface area contributed by atoms with E-state index in [2.05, 4.69) is 31.0 Å². The van der Waals surface area contributed by atoms with Crippen molar-refractivity contribution >= 4 is 11.9 Å². The van der Waals surface area contributed by atoms with Gasteiger partial charge in [-0.3, -0.25) is 4.79 Å². The summed E-state index contributed by atoms with van der Waals surface area (Å²) in [5.74, 6) is 1.55. The van der Waals surface area contributed by atoms with Crippen LogP contribution in [0.5, 0.6) is 11.5 Å². The van der Waals surface area contributed by atoms with E-state index in [4.69, 9.17) is 9.47 Å². The Balaban J connectivity index is 1.56. The minimum absolute atomic E-state index is 0.107. The highest BCUT2D eigenvalue weighted by molar-refractivity contribution is 5.90. The van der Waals surface area contributed by atoms with Crippen LogP contribution in [-0.4, -0.2) is 40.6 Å². The lowest BCUT2D eigenvalue weighted by molar-refractivity contribution is -0.128. The molecule has 4 rings (SSSR count). The Morgan fingerprint density at radius 3 is 2.44 bits per heavy atom. The molecule has 2 heterocycles. The maximum Gasteiger partial charge on any atom is 0.337 e. The van der Waals surface area contributed by atoms with Crippen molar-refractivity contribution < 1.29 is 19.1 Å². The number of hydrogen-bond acceptors (Lipinski definition) is 6. The molecule has 7 nitrogen and oxygen atoms in total. The van der Waals surface area contributed by atoms with Crippen LogP contribution in [0.3, 0.4) is 0 Å². The van der Waals surface area contributed by atoms with Crippen LogP contribution < -0.4 is 4.74 Å². The number of carbonyl (C=O) groups is 2. The number of hydrogen-bond donors (Lipinski definition) is 0. The predicted molar refractivity (Wildman–Crippen MR) is 129 cm³/mol. The molecule has 0 spiro atoms. The Labute approximate surface area is 199 Å². The Kier molecular flexibility index (Phi) is 6.91. The number of ether oxygens (including phenoxy) is 2. The van der Waals surface area contributed by atoms with Crippen molar-refractivity contribution in [1.29, 1.82) is 0 Å². The lowest BCUT2D eigenvalue weighted by Crippen LogP contribution is -2.24. The van der Waals surface area contributed by atoms with Gasteiger partial charge in [0, 0.05) is 30.6 Å². The fraction of sp³-hybridized carbons (Fsp3) is 0.333. The van der Waals surface area contributed by atoms with Gasteiger partial charge in [-0.15, -0.1) is 0 Å². The molecule has 0 radical (unpaired) electrons. The first-order chi connectivity index (χ1) is 16.3. The van der Waals surface area contributed by atoms with Crippen molar-refractivity contribution in [2.45, 2.75) is 39.7 Å². The summed E-state index contributed by atoms with van der Waals surface area (Å²) in [6, 6.07) is 16.7. The summed E-state index contributed by atoms with van der Waals surface area (Å²) in [7, 11) is 1.35. The Hall–Kier alpha value is -3.74. The largest absolute Gasteiger partial charge is 0.465 e. The van der Waals surface area contributed by atoms with Gasteiger partial charge in [0.05, 0.1) is 24.1 Å². The van der Waals surface area contributed by atoms with Crippen molar-refractivity contribution in [1.82, 2.24) is 15.1 Å². The second-order valence-electron chi connectivity index (χ2n) is 9.02. The third-order valence-electron chi connectivity index (χ3n) is 5.91. The Morgan fingerprint density at radius 2 is 1.85 bits per heavy atom. The normalized spacial score (nSPS) is 15.6. The molecule has 1 aliphatic rings. The second-order valence-corrected chi connectivity index (χ2v) is 9.02. The number of amides is 1. The van der Waals surface area contributed by atoms with Crippen molar-refractivity contribution in [3.05, 3.63) is 71.4 Å². The van der Waals surface area contributed by atoms with Crippen LogP contribution in [0, 0.1) is 5.92 Å². The van der Waals surface area contributed by atoms with E-state index in [0.29, 0.717) is 48.4 Å². The molecular formula is C27H29N3O4. The molecule has 0 N–H and O–H groups in total. The van der Waals surface area contributed by atoms with E-state index < -0.39 is 5.97 Å². The van der Waals surface area contributed by atoms with Gasteiger partial charge in [0.2, 0.25) is 5.91 Å². The fourth-order valence-electron chi connectivity index (χ4n) is 4.00. The zero-order valence-electron chi connectivity index (χ0n) is 19.9. The van der Waals surface area contributed by atoms with Crippen LogP contribution in [0.4, 0.5) is 0 Å². The first-order valence-corrected chi connectivity index (χ1v) is 11.4. The first kappa shape index (κ1) is 23.4. The smallest absolute Gasteiger partial charge is 0.337 e. The molecule has 1 atom stereocenters. The number of nitrogens with zero attached hydrogens (tertiary/aromatic N) is 3. The van der Waals surface area contributed by atoms with Gasteiger partial charge in [-0.2, -0.15) is 10.2 Å². The van der Waals surface area contributed by atoms with Gasteiger partial charge >= 0.3 is 5.97 Å². The second kappa shape index (κ2) is 10.0. The van der Waals surface area contributed by atoms with E-state index >= 15 is 0 Å². The zero-order chi connectivity index (χ0) is 24.2. The molecule has 0 aliphatic carbocycles. The number of rotatable bonds is 7. The van der Waals surface area contributed by atoms with Crippen molar-refractivity contribution in [3.63, 3.8) is 0 Å². The summed E-state index contributed by atoms with van der Waals surface area (Å²) in [6.45, 7) is 7.29. The molecule has 1 aromatic heterocycles. The minimum Gasteiger partial charge on any atom is -0.465 e. The maximum atomic E-state index is 12.3. The molecule has 1 amide bonds.